The first-order valence-electron chi connectivity index (χ1n) is 7.46. The fourth-order valence-electron chi connectivity index (χ4n) is 2.22. The van der Waals surface area contributed by atoms with E-state index in [1.165, 1.54) is 12.8 Å². The maximum Gasteiger partial charge on any atom is 0.161 e. The summed E-state index contributed by atoms with van der Waals surface area (Å²) in [6.07, 6.45) is 2.88. The van der Waals surface area contributed by atoms with E-state index in [4.69, 9.17) is 14.2 Å². The van der Waals surface area contributed by atoms with E-state index in [0.717, 1.165) is 31.2 Å². The summed E-state index contributed by atoms with van der Waals surface area (Å²) >= 11 is 0. The zero-order chi connectivity index (χ0) is 14.2. The van der Waals surface area contributed by atoms with Crippen molar-refractivity contribution in [1.82, 2.24) is 5.32 Å². The average Bonchev–Trinajstić information content (AvgIpc) is 2.93. The Bertz CT molecular complexity index is 389. The van der Waals surface area contributed by atoms with Crippen molar-refractivity contribution in [3.63, 3.8) is 0 Å². The number of rotatable bonds is 8. The first-order valence-corrected chi connectivity index (χ1v) is 7.46. The lowest BCUT2D eigenvalue weighted by atomic mass is 10.2. The van der Waals surface area contributed by atoms with Crippen molar-refractivity contribution in [2.75, 3.05) is 26.3 Å². The van der Waals surface area contributed by atoms with Gasteiger partial charge in [0.15, 0.2) is 11.5 Å². The molecule has 1 unspecified atom stereocenters. The Morgan fingerprint density at radius 1 is 1.30 bits per heavy atom. The highest BCUT2D eigenvalue weighted by Crippen LogP contribution is 2.27. The molecule has 4 heteroatoms. The molecule has 1 fully saturated rings. The zero-order valence-electron chi connectivity index (χ0n) is 12.4. The van der Waals surface area contributed by atoms with Crippen molar-refractivity contribution in [2.45, 2.75) is 38.9 Å². The molecule has 2 rings (SSSR count). The third-order valence-electron chi connectivity index (χ3n) is 3.14. The van der Waals surface area contributed by atoms with Gasteiger partial charge in [-0.1, -0.05) is 12.1 Å². The van der Waals surface area contributed by atoms with Gasteiger partial charge in [0.2, 0.25) is 0 Å². The van der Waals surface area contributed by atoms with Gasteiger partial charge < -0.3 is 19.5 Å². The molecule has 0 aromatic heterocycles. The predicted molar refractivity (Wildman–Crippen MR) is 79.5 cm³/mol. The van der Waals surface area contributed by atoms with Gasteiger partial charge in [-0.3, -0.25) is 0 Å². The molecule has 4 nitrogen and oxygen atoms in total. The van der Waals surface area contributed by atoms with Crippen LogP contribution in [0.1, 0.15) is 26.7 Å². The van der Waals surface area contributed by atoms with Crippen LogP contribution in [0, 0.1) is 0 Å². The molecule has 0 amide bonds. The van der Waals surface area contributed by atoms with Crippen LogP contribution in [0.5, 0.6) is 11.5 Å². The fourth-order valence-corrected chi connectivity index (χ4v) is 2.22. The van der Waals surface area contributed by atoms with Gasteiger partial charge in [-0.15, -0.1) is 0 Å². The van der Waals surface area contributed by atoms with E-state index in [1.54, 1.807) is 0 Å². The van der Waals surface area contributed by atoms with Gasteiger partial charge in [0.25, 0.3) is 0 Å². The van der Waals surface area contributed by atoms with E-state index >= 15 is 0 Å². The molecule has 1 aliphatic rings. The minimum atomic E-state index is 0.150. The Labute approximate surface area is 121 Å². The molecule has 1 N–H and O–H groups in total. The van der Waals surface area contributed by atoms with E-state index in [9.17, 15) is 0 Å². The molecule has 1 saturated heterocycles. The van der Waals surface area contributed by atoms with Gasteiger partial charge in [0.1, 0.15) is 6.61 Å². The summed E-state index contributed by atoms with van der Waals surface area (Å²) < 4.78 is 17.0. The topological polar surface area (TPSA) is 39.7 Å². The maximum atomic E-state index is 5.77. The molecule has 20 heavy (non-hydrogen) atoms. The largest absolute Gasteiger partial charge is 0.488 e. The van der Waals surface area contributed by atoms with Crippen LogP contribution in [-0.4, -0.2) is 38.5 Å². The molecule has 0 saturated carbocycles. The van der Waals surface area contributed by atoms with Crippen LogP contribution >= 0.6 is 0 Å². The van der Waals surface area contributed by atoms with Crippen LogP contribution < -0.4 is 14.8 Å². The molecular formula is C16H25NO3. The highest BCUT2D eigenvalue weighted by atomic mass is 16.5. The second-order valence-corrected chi connectivity index (χ2v) is 5.30. The van der Waals surface area contributed by atoms with Gasteiger partial charge in [0.05, 0.1) is 12.2 Å². The number of para-hydroxylation sites is 2. The van der Waals surface area contributed by atoms with E-state index in [2.05, 4.69) is 5.32 Å². The minimum Gasteiger partial charge on any atom is -0.488 e. The Hall–Kier alpha value is -1.26. The van der Waals surface area contributed by atoms with E-state index in [-0.39, 0.29) is 6.10 Å². The highest BCUT2D eigenvalue weighted by molar-refractivity contribution is 5.39. The van der Waals surface area contributed by atoms with Crippen LogP contribution in [0.4, 0.5) is 0 Å². The van der Waals surface area contributed by atoms with Crippen molar-refractivity contribution in [3.8, 4) is 11.5 Å². The lowest BCUT2D eigenvalue weighted by Crippen LogP contribution is -2.29. The molecule has 0 bridgehead atoms. The molecule has 1 heterocycles. The van der Waals surface area contributed by atoms with Crippen LogP contribution in [0.2, 0.25) is 0 Å². The molecule has 1 aromatic rings. The number of benzene rings is 1. The van der Waals surface area contributed by atoms with E-state index < -0.39 is 0 Å². The molecule has 112 valence electrons. The fraction of sp³-hybridized carbons (Fsp3) is 0.625. The minimum absolute atomic E-state index is 0.150. The van der Waals surface area contributed by atoms with Gasteiger partial charge in [0, 0.05) is 19.7 Å². The third-order valence-corrected chi connectivity index (χ3v) is 3.14. The number of ether oxygens (including phenoxy) is 3. The second kappa shape index (κ2) is 8.12. The lowest BCUT2D eigenvalue weighted by molar-refractivity contribution is 0.109. The van der Waals surface area contributed by atoms with Gasteiger partial charge in [-0.25, -0.2) is 0 Å². The number of hydrogen-bond acceptors (Lipinski definition) is 4. The Morgan fingerprint density at radius 2 is 2.10 bits per heavy atom. The molecule has 0 radical (unpaired) electrons. The van der Waals surface area contributed by atoms with Gasteiger partial charge in [-0.05, 0) is 38.8 Å². The first-order chi connectivity index (χ1) is 9.75. The molecule has 0 aliphatic carbocycles. The number of nitrogens with one attached hydrogen (secondary N) is 1. The van der Waals surface area contributed by atoms with Crippen molar-refractivity contribution in [3.05, 3.63) is 24.3 Å². The van der Waals surface area contributed by atoms with Crippen molar-refractivity contribution < 1.29 is 14.2 Å². The Morgan fingerprint density at radius 3 is 2.80 bits per heavy atom. The first kappa shape index (κ1) is 15.1. The normalized spacial score (nSPS) is 18.4. The van der Waals surface area contributed by atoms with Crippen LogP contribution in [0.25, 0.3) is 0 Å². The summed E-state index contributed by atoms with van der Waals surface area (Å²) in [5.41, 5.74) is 0. The van der Waals surface area contributed by atoms with Crippen LogP contribution in [-0.2, 0) is 4.74 Å². The van der Waals surface area contributed by atoms with E-state index in [1.807, 2.05) is 38.1 Å². The second-order valence-electron chi connectivity index (χ2n) is 5.30. The van der Waals surface area contributed by atoms with E-state index in [0.29, 0.717) is 12.7 Å². The molecule has 1 aromatic carbocycles. The predicted octanol–water partition coefficient (Wildman–Crippen LogP) is 2.62. The van der Waals surface area contributed by atoms with Crippen molar-refractivity contribution >= 4 is 0 Å². The zero-order valence-corrected chi connectivity index (χ0v) is 12.4. The maximum absolute atomic E-state index is 5.77. The number of hydrogen-bond donors (Lipinski definition) is 1. The quantitative estimate of drug-likeness (QED) is 0.743. The molecule has 1 aliphatic heterocycles. The van der Waals surface area contributed by atoms with Crippen LogP contribution in [0.15, 0.2) is 24.3 Å². The van der Waals surface area contributed by atoms with Crippen LogP contribution in [0.3, 0.4) is 0 Å². The standard InChI is InChI=1S/C16H25NO3/c1-13(2)20-16-8-4-3-7-15(16)19-11-9-17-12-14-6-5-10-18-14/h3-4,7-8,13-14,17H,5-6,9-12H2,1-2H3. The molecular weight excluding hydrogens is 254 g/mol. The third kappa shape index (κ3) is 5.02. The highest BCUT2D eigenvalue weighted by Gasteiger charge is 2.14. The summed E-state index contributed by atoms with van der Waals surface area (Å²) in [6, 6.07) is 7.80. The Balaban J connectivity index is 1.67. The Kier molecular flexibility index (Phi) is 6.15. The smallest absolute Gasteiger partial charge is 0.161 e. The van der Waals surface area contributed by atoms with Crippen molar-refractivity contribution in [1.29, 1.82) is 0 Å². The summed E-state index contributed by atoms with van der Waals surface area (Å²) in [6.45, 7) is 7.29. The summed E-state index contributed by atoms with van der Waals surface area (Å²) in [7, 11) is 0. The average molecular weight is 279 g/mol. The van der Waals surface area contributed by atoms with Gasteiger partial charge >= 0.3 is 0 Å². The van der Waals surface area contributed by atoms with Gasteiger partial charge in [-0.2, -0.15) is 0 Å². The SMILES string of the molecule is CC(C)Oc1ccccc1OCCNCC1CCCO1. The summed E-state index contributed by atoms with van der Waals surface area (Å²) in [5, 5.41) is 3.37. The monoisotopic (exact) mass is 279 g/mol. The summed E-state index contributed by atoms with van der Waals surface area (Å²) in [5.74, 6) is 1.61. The molecule has 1 atom stereocenters. The lowest BCUT2D eigenvalue weighted by Gasteiger charge is -2.15. The summed E-state index contributed by atoms with van der Waals surface area (Å²) in [4.78, 5) is 0. The molecule has 0 spiro atoms. The van der Waals surface area contributed by atoms with Crippen molar-refractivity contribution in [2.24, 2.45) is 0 Å².